The zero-order valence-electron chi connectivity index (χ0n) is 27.6. The van der Waals surface area contributed by atoms with Crippen LogP contribution in [0, 0.1) is 5.82 Å². The van der Waals surface area contributed by atoms with Crippen molar-refractivity contribution in [2.45, 2.75) is 49.9 Å². The minimum absolute atomic E-state index is 0.0425. The van der Waals surface area contributed by atoms with Crippen molar-refractivity contribution >= 4 is 23.5 Å². The van der Waals surface area contributed by atoms with E-state index in [2.05, 4.69) is 20.6 Å². The van der Waals surface area contributed by atoms with Crippen molar-refractivity contribution < 1.29 is 40.7 Å². The lowest BCUT2D eigenvalue weighted by molar-refractivity contribution is -0.139. The molecular weight excluding hydrogens is 596 g/mol. The SMILES string of the molecule is [2H]C([2H])([2H])N1CCC(C)(NC(=O)c2cc(OC)c(Nc3ncc(C(F)(F)F)c(Oc4cccc5c4C(=O)N(C)C54CC4)n3)cc2F)CC1. The lowest BCUT2D eigenvalue weighted by atomic mass is 9.89. The summed E-state index contributed by atoms with van der Waals surface area (Å²) in [5.41, 5.74) is -2.21. The molecule has 45 heavy (non-hydrogen) atoms. The summed E-state index contributed by atoms with van der Waals surface area (Å²) in [5, 5.41) is 5.42. The summed E-state index contributed by atoms with van der Waals surface area (Å²) in [5.74, 6) is -3.53. The van der Waals surface area contributed by atoms with Crippen molar-refractivity contribution in [2.75, 3.05) is 39.5 Å². The van der Waals surface area contributed by atoms with Crippen molar-refractivity contribution in [3.8, 4) is 17.4 Å². The lowest BCUT2D eigenvalue weighted by Crippen LogP contribution is -2.52. The Hall–Kier alpha value is -4.46. The minimum Gasteiger partial charge on any atom is -0.495 e. The molecule has 2 aliphatic heterocycles. The van der Waals surface area contributed by atoms with Crippen molar-refractivity contribution in [1.29, 1.82) is 0 Å². The number of hydrogen-bond acceptors (Lipinski definition) is 8. The minimum atomic E-state index is -4.91. The van der Waals surface area contributed by atoms with Gasteiger partial charge in [-0.15, -0.1) is 0 Å². The van der Waals surface area contributed by atoms with Crippen LogP contribution in [-0.2, 0) is 11.7 Å². The molecule has 238 valence electrons. The van der Waals surface area contributed by atoms with E-state index < -0.39 is 53.3 Å². The summed E-state index contributed by atoms with van der Waals surface area (Å²) < 4.78 is 91.2. The molecule has 2 fully saturated rings. The van der Waals surface area contributed by atoms with E-state index in [4.69, 9.17) is 13.6 Å². The smallest absolute Gasteiger partial charge is 0.423 e. The maximum atomic E-state index is 15.4. The van der Waals surface area contributed by atoms with Crippen molar-refractivity contribution in [1.82, 2.24) is 25.1 Å². The molecule has 10 nitrogen and oxygen atoms in total. The van der Waals surface area contributed by atoms with Crippen LogP contribution in [0.25, 0.3) is 0 Å². The Morgan fingerprint density at radius 2 is 1.87 bits per heavy atom. The number of benzene rings is 2. The molecule has 3 aromatic rings. The van der Waals surface area contributed by atoms with Gasteiger partial charge in [0.25, 0.3) is 11.8 Å². The number of carbonyl (C=O) groups excluding carboxylic acids is 2. The number of piperidine rings is 1. The zero-order valence-corrected chi connectivity index (χ0v) is 24.6. The van der Waals surface area contributed by atoms with Gasteiger partial charge in [0.1, 0.15) is 22.9 Å². The number of fused-ring (bicyclic) bond motifs is 2. The summed E-state index contributed by atoms with van der Waals surface area (Å²) in [6, 6.07) is 6.78. The molecule has 6 rings (SSSR count). The number of hydrogen-bond donors (Lipinski definition) is 2. The first kappa shape index (κ1) is 26.9. The van der Waals surface area contributed by atoms with E-state index in [1.807, 2.05) is 0 Å². The summed E-state index contributed by atoms with van der Waals surface area (Å²) >= 11 is 0. The Kier molecular flexibility index (Phi) is 6.49. The van der Waals surface area contributed by atoms with Crippen LogP contribution in [-0.4, -0.2) is 71.3 Å². The van der Waals surface area contributed by atoms with Crippen molar-refractivity contribution in [2.24, 2.45) is 0 Å². The first-order chi connectivity index (χ1) is 22.5. The average molecular weight is 632 g/mol. The molecule has 1 spiro atoms. The molecule has 0 unspecified atom stereocenters. The Bertz CT molecular complexity index is 1790. The fourth-order valence-electron chi connectivity index (χ4n) is 5.87. The fourth-order valence-corrected chi connectivity index (χ4v) is 5.87. The van der Waals surface area contributed by atoms with E-state index in [1.165, 1.54) is 18.1 Å². The van der Waals surface area contributed by atoms with Gasteiger partial charge in [0.2, 0.25) is 11.8 Å². The van der Waals surface area contributed by atoms with E-state index in [0.29, 0.717) is 24.6 Å². The van der Waals surface area contributed by atoms with E-state index in [0.717, 1.165) is 25.0 Å². The van der Waals surface area contributed by atoms with Crippen LogP contribution in [0.15, 0.2) is 36.5 Å². The monoisotopic (exact) mass is 631 g/mol. The van der Waals surface area contributed by atoms with Gasteiger partial charge in [0.15, 0.2) is 0 Å². The number of nitrogens with one attached hydrogen (secondary N) is 2. The van der Waals surface area contributed by atoms with E-state index in [1.54, 1.807) is 31.0 Å². The third kappa shape index (κ3) is 5.51. The third-order valence-corrected chi connectivity index (χ3v) is 8.74. The molecule has 2 aromatic carbocycles. The highest BCUT2D eigenvalue weighted by atomic mass is 19.4. The topological polar surface area (TPSA) is 109 Å². The number of nitrogens with zero attached hydrogens (tertiary/aromatic N) is 4. The number of alkyl halides is 3. The van der Waals surface area contributed by atoms with Crippen LogP contribution in [0.2, 0.25) is 0 Å². The first-order valence-corrected chi connectivity index (χ1v) is 14.2. The molecular formula is C31H32F4N6O4. The molecule has 1 aromatic heterocycles. The van der Waals surface area contributed by atoms with Crippen LogP contribution < -0.4 is 20.1 Å². The van der Waals surface area contributed by atoms with Gasteiger partial charge >= 0.3 is 6.18 Å². The molecule has 2 amide bonds. The third-order valence-electron chi connectivity index (χ3n) is 8.74. The number of anilines is 2. The Labute approximate surface area is 260 Å². The van der Waals surface area contributed by atoms with E-state index in [9.17, 15) is 22.8 Å². The number of halogens is 4. The van der Waals surface area contributed by atoms with Crippen LogP contribution >= 0.6 is 0 Å². The van der Waals surface area contributed by atoms with Gasteiger partial charge in [-0.25, -0.2) is 9.37 Å². The maximum absolute atomic E-state index is 15.4. The van der Waals surface area contributed by atoms with Crippen molar-refractivity contribution in [3.05, 3.63) is 64.6 Å². The van der Waals surface area contributed by atoms with Crippen LogP contribution in [0.1, 0.15) is 68.6 Å². The molecule has 1 saturated carbocycles. The molecule has 1 aliphatic carbocycles. The summed E-state index contributed by atoms with van der Waals surface area (Å²) in [6.45, 7) is -0.0893. The second-order valence-corrected chi connectivity index (χ2v) is 11.7. The Morgan fingerprint density at radius 1 is 1.13 bits per heavy atom. The number of carbonyl (C=O) groups is 2. The molecule has 3 heterocycles. The van der Waals surface area contributed by atoms with E-state index in [-0.39, 0.29) is 47.3 Å². The van der Waals surface area contributed by atoms with Gasteiger partial charge < -0.3 is 29.9 Å². The number of amides is 2. The number of likely N-dealkylation sites (tertiary alicyclic amines) is 1. The number of ether oxygens (including phenoxy) is 2. The van der Waals surface area contributed by atoms with Crippen molar-refractivity contribution in [3.63, 3.8) is 0 Å². The quantitative estimate of drug-likeness (QED) is 0.331. The highest BCUT2D eigenvalue weighted by molar-refractivity contribution is 6.03. The average Bonchev–Trinajstić information content (AvgIpc) is 3.78. The predicted molar refractivity (Wildman–Crippen MR) is 155 cm³/mol. The Morgan fingerprint density at radius 3 is 2.51 bits per heavy atom. The molecule has 2 N–H and O–H groups in total. The van der Waals surface area contributed by atoms with Crippen LogP contribution in [0.4, 0.5) is 29.2 Å². The van der Waals surface area contributed by atoms with Crippen LogP contribution in [0.5, 0.6) is 17.4 Å². The maximum Gasteiger partial charge on any atom is 0.423 e. The van der Waals surface area contributed by atoms with Gasteiger partial charge in [0, 0.05) is 42.1 Å². The standard InChI is InChI=1S/C31H32F4N6O4/c1-29(10-12-40(2)13-11-29)39-25(42)17-14-23(44-4)21(15-20(17)32)37-28-36-16-19(31(33,34)35)26(38-28)45-22-7-5-6-18-24(22)27(43)41(3)30(18)8-9-30/h5-7,14-16H,8-13H2,1-4H3,(H,39,42)(H,36,37,38)/i2D3. The number of rotatable bonds is 7. The normalized spacial score (nSPS) is 19.8. The second kappa shape index (κ2) is 10.9. The molecule has 0 radical (unpaired) electrons. The largest absolute Gasteiger partial charge is 0.495 e. The molecule has 0 atom stereocenters. The van der Waals surface area contributed by atoms with Crippen LogP contribution in [0.3, 0.4) is 0 Å². The molecule has 1 saturated heterocycles. The van der Waals surface area contributed by atoms with Gasteiger partial charge in [-0.1, -0.05) is 12.1 Å². The lowest BCUT2D eigenvalue weighted by Gasteiger charge is -2.38. The van der Waals surface area contributed by atoms with Gasteiger partial charge in [-0.05, 0) is 57.3 Å². The second-order valence-electron chi connectivity index (χ2n) is 11.7. The van der Waals surface area contributed by atoms with Gasteiger partial charge in [0.05, 0.1) is 29.5 Å². The molecule has 0 bridgehead atoms. The first-order valence-electron chi connectivity index (χ1n) is 15.7. The van der Waals surface area contributed by atoms with Gasteiger partial charge in [-0.3, -0.25) is 9.59 Å². The van der Waals surface area contributed by atoms with E-state index >= 15 is 4.39 Å². The highest BCUT2D eigenvalue weighted by Gasteiger charge is 2.57. The molecule has 3 aliphatic rings. The predicted octanol–water partition coefficient (Wildman–Crippen LogP) is 5.47. The number of aromatic nitrogens is 2. The zero-order chi connectivity index (χ0) is 34.8. The number of methoxy groups -OCH3 is 1. The summed E-state index contributed by atoms with van der Waals surface area (Å²) in [4.78, 5) is 36.8. The van der Waals surface area contributed by atoms with Gasteiger partial charge in [-0.2, -0.15) is 18.2 Å². The summed E-state index contributed by atoms with van der Waals surface area (Å²) in [6.07, 6.45) is -2.31. The Balaban J connectivity index is 1.25. The fraction of sp³-hybridized carbons (Fsp3) is 0.419. The highest BCUT2D eigenvalue weighted by Crippen LogP contribution is 2.57. The summed E-state index contributed by atoms with van der Waals surface area (Å²) in [7, 11) is 2.89. The molecule has 14 heteroatoms.